The van der Waals surface area contributed by atoms with E-state index in [1.54, 1.807) is 0 Å². The highest BCUT2D eigenvalue weighted by atomic mass is 16.1. The van der Waals surface area contributed by atoms with E-state index in [1.165, 1.54) is 51.4 Å². The van der Waals surface area contributed by atoms with Crippen molar-refractivity contribution in [1.29, 1.82) is 0 Å². The fourth-order valence-corrected chi connectivity index (χ4v) is 7.07. The number of nitrogens with zero attached hydrogens (tertiary/aromatic N) is 1. The van der Waals surface area contributed by atoms with Crippen LogP contribution in [0.5, 0.6) is 0 Å². The Morgan fingerprint density at radius 3 is 2.50 bits per heavy atom. The van der Waals surface area contributed by atoms with Gasteiger partial charge in [0.1, 0.15) is 5.78 Å². The third kappa shape index (κ3) is 2.12. The van der Waals surface area contributed by atoms with Gasteiger partial charge in [0.05, 0.1) is 0 Å². The second-order valence-corrected chi connectivity index (χ2v) is 9.28. The molecule has 2 nitrogen and oxygen atoms in total. The van der Waals surface area contributed by atoms with Crippen molar-refractivity contribution in [1.82, 2.24) is 4.90 Å². The van der Waals surface area contributed by atoms with Crippen LogP contribution in [0.15, 0.2) is 0 Å². The lowest BCUT2D eigenvalue weighted by Crippen LogP contribution is -2.50. The lowest BCUT2D eigenvalue weighted by Gasteiger charge is -2.55. The highest BCUT2D eigenvalue weighted by Gasteiger charge is 2.56. The molecule has 22 heavy (non-hydrogen) atoms. The number of ketones is 1. The Hall–Kier alpha value is -0.370. The summed E-state index contributed by atoms with van der Waals surface area (Å²) >= 11 is 0. The van der Waals surface area contributed by atoms with Gasteiger partial charge in [-0.3, -0.25) is 4.79 Å². The van der Waals surface area contributed by atoms with E-state index in [0.717, 1.165) is 42.1 Å². The van der Waals surface area contributed by atoms with Gasteiger partial charge in [0.25, 0.3) is 0 Å². The maximum absolute atomic E-state index is 12.4. The SMILES string of the molecule is CN(C)[C@@H]1CCC2[C@@H](CCC3[C@@H]2CCC2(C)C(=O)CC[C@@H]32)C1. The highest BCUT2D eigenvalue weighted by molar-refractivity contribution is 5.87. The number of carbonyl (C=O) groups is 1. The maximum Gasteiger partial charge on any atom is 0.139 e. The van der Waals surface area contributed by atoms with Crippen LogP contribution in [0.3, 0.4) is 0 Å². The number of Topliss-reactive ketones (excluding diaryl/α,β-unsaturated/α-hetero) is 1. The summed E-state index contributed by atoms with van der Waals surface area (Å²) in [5, 5.41) is 0. The van der Waals surface area contributed by atoms with Gasteiger partial charge in [-0.2, -0.15) is 0 Å². The van der Waals surface area contributed by atoms with Crippen molar-refractivity contribution in [2.45, 2.75) is 70.8 Å². The van der Waals surface area contributed by atoms with E-state index in [-0.39, 0.29) is 5.41 Å². The van der Waals surface area contributed by atoms with Crippen LogP contribution in [0, 0.1) is 35.0 Å². The van der Waals surface area contributed by atoms with Crippen molar-refractivity contribution in [3.63, 3.8) is 0 Å². The largest absolute Gasteiger partial charge is 0.306 e. The molecular formula is C20H33NO. The molecular weight excluding hydrogens is 270 g/mol. The smallest absolute Gasteiger partial charge is 0.139 e. The van der Waals surface area contributed by atoms with Crippen LogP contribution in [-0.4, -0.2) is 30.8 Å². The first-order valence-electron chi connectivity index (χ1n) is 9.70. The average molecular weight is 303 g/mol. The summed E-state index contributed by atoms with van der Waals surface area (Å²) in [4.78, 5) is 14.9. The van der Waals surface area contributed by atoms with E-state index in [2.05, 4.69) is 25.9 Å². The molecule has 0 saturated heterocycles. The van der Waals surface area contributed by atoms with Crippen molar-refractivity contribution >= 4 is 5.78 Å². The first kappa shape index (κ1) is 15.2. The Balaban J connectivity index is 1.52. The van der Waals surface area contributed by atoms with Crippen LogP contribution in [0.25, 0.3) is 0 Å². The van der Waals surface area contributed by atoms with E-state index < -0.39 is 0 Å². The van der Waals surface area contributed by atoms with E-state index in [0.29, 0.717) is 5.78 Å². The van der Waals surface area contributed by atoms with Crippen LogP contribution in [0.4, 0.5) is 0 Å². The van der Waals surface area contributed by atoms with Crippen LogP contribution < -0.4 is 0 Å². The monoisotopic (exact) mass is 303 g/mol. The summed E-state index contributed by atoms with van der Waals surface area (Å²) in [6.45, 7) is 2.30. The Morgan fingerprint density at radius 2 is 1.73 bits per heavy atom. The minimum Gasteiger partial charge on any atom is -0.306 e. The van der Waals surface area contributed by atoms with Gasteiger partial charge in [-0.25, -0.2) is 0 Å². The van der Waals surface area contributed by atoms with Crippen LogP contribution in [-0.2, 0) is 4.79 Å². The standard InChI is InChI=1S/C20H33NO/c1-20-11-10-16-15-7-5-14(21(2)3)12-13(15)4-6-17(16)18(20)8-9-19(20)22/h13-18H,4-12H2,1-3H3/t13-,14+,15?,16+,17?,18-,20?/m0/s1. The highest BCUT2D eigenvalue weighted by Crippen LogP contribution is 2.61. The summed E-state index contributed by atoms with van der Waals surface area (Å²) in [5.74, 6) is 5.10. The lowest BCUT2D eigenvalue weighted by molar-refractivity contribution is -0.133. The van der Waals surface area contributed by atoms with Crippen molar-refractivity contribution in [3.8, 4) is 0 Å². The first-order valence-corrected chi connectivity index (χ1v) is 9.70. The Labute approximate surface area is 136 Å². The topological polar surface area (TPSA) is 20.3 Å². The summed E-state index contributed by atoms with van der Waals surface area (Å²) in [6.07, 6.45) is 11.8. The summed E-state index contributed by atoms with van der Waals surface area (Å²) in [7, 11) is 4.51. The zero-order valence-electron chi connectivity index (χ0n) is 14.7. The summed E-state index contributed by atoms with van der Waals surface area (Å²) in [5.41, 5.74) is 0.0643. The maximum atomic E-state index is 12.4. The van der Waals surface area contributed by atoms with Crippen molar-refractivity contribution in [3.05, 3.63) is 0 Å². The molecule has 0 spiro atoms. The molecule has 4 aliphatic rings. The van der Waals surface area contributed by atoms with Gasteiger partial charge in [0.2, 0.25) is 0 Å². The molecule has 124 valence electrons. The number of fused-ring (bicyclic) bond motifs is 5. The second-order valence-electron chi connectivity index (χ2n) is 9.28. The van der Waals surface area contributed by atoms with Gasteiger partial charge in [0, 0.05) is 17.9 Å². The molecule has 0 amide bonds. The Bertz CT molecular complexity index is 459. The molecule has 0 N–H and O–H groups in total. The van der Waals surface area contributed by atoms with Crippen LogP contribution in [0.2, 0.25) is 0 Å². The number of hydrogen-bond acceptors (Lipinski definition) is 2. The third-order valence-corrected chi connectivity index (χ3v) is 8.37. The average Bonchev–Trinajstić information content (AvgIpc) is 2.82. The molecule has 0 bridgehead atoms. The molecule has 2 heteroatoms. The van der Waals surface area contributed by atoms with Gasteiger partial charge >= 0.3 is 0 Å². The molecule has 7 atom stereocenters. The molecule has 0 radical (unpaired) electrons. The van der Waals surface area contributed by atoms with Crippen LogP contribution in [0.1, 0.15) is 64.7 Å². The molecule has 4 rings (SSSR count). The van der Waals surface area contributed by atoms with Crippen molar-refractivity contribution < 1.29 is 4.79 Å². The molecule has 0 aromatic carbocycles. The van der Waals surface area contributed by atoms with Gasteiger partial charge in [-0.1, -0.05) is 6.92 Å². The second kappa shape index (κ2) is 5.33. The molecule has 0 heterocycles. The quantitative estimate of drug-likeness (QED) is 0.725. The minimum atomic E-state index is 0.0643. The van der Waals surface area contributed by atoms with Crippen LogP contribution >= 0.6 is 0 Å². The molecule has 4 fully saturated rings. The Kier molecular flexibility index (Phi) is 3.67. The van der Waals surface area contributed by atoms with E-state index in [4.69, 9.17) is 0 Å². The van der Waals surface area contributed by atoms with E-state index >= 15 is 0 Å². The molecule has 3 unspecified atom stereocenters. The van der Waals surface area contributed by atoms with Gasteiger partial charge in [0.15, 0.2) is 0 Å². The molecule has 4 aliphatic carbocycles. The predicted molar refractivity (Wildman–Crippen MR) is 89.6 cm³/mol. The van der Waals surface area contributed by atoms with Gasteiger partial charge in [-0.05, 0) is 95.1 Å². The molecule has 0 aromatic heterocycles. The zero-order valence-corrected chi connectivity index (χ0v) is 14.7. The summed E-state index contributed by atoms with van der Waals surface area (Å²) in [6, 6.07) is 0.819. The first-order chi connectivity index (χ1) is 10.5. The van der Waals surface area contributed by atoms with Crippen molar-refractivity contribution in [2.24, 2.45) is 35.0 Å². The number of carbonyl (C=O) groups excluding carboxylic acids is 1. The Morgan fingerprint density at radius 1 is 0.955 bits per heavy atom. The van der Waals surface area contributed by atoms with Gasteiger partial charge in [-0.15, -0.1) is 0 Å². The summed E-state index contributed by atoms with van der Waals surface area (Å²) < 4.78 is 0. The molecule has 0 aliphatic heterocycles. The van der Waals surface area contributed by atoms with Gasteiger partial charge < -0.3 is 4.90 Å². The minimum absolute atomic E-state index is 0.0643. The van der Waals surface area contributed by atoms with Crippen molar-refractivity contribution in [2.75, 3.05) is 14.1 Å². The lowest BCUT2D eigenvalue weighted by atomic mass is 9.50. The van der Waals surface area contributed by atoms with E-state index in [1.807, 2.05) is 0 Å². The third-order valence-electron chi connectivity index (χ3n) is 8.37. The zero-order chi connectivity index (χ0) is 15.5. The fraction of sp³-hybridized carbons (Fsp3) is 0.950. The number of hydrogen-bond donors (Lipinski definition) is 0. The predicted octanol–water partition coefficient (Wildman–Crippen LogP) is 4.14. The molecule has 0 aromatic rings. The fourth-order valence-electron chi connectivity index (χ4n) is 7.07. The normalized spacial score (nSPS) is 51.4. The van der Waals surface area contributed by atoms with E-state index in [9.17, 15) is 4.79 Å². The number of rotatable bonds is 1. The molecule has 4 saturated carbocycles.